The van der Waals surface area contributed by atoms with Crippen LogP contribution < -0.4 is 4.90 Å². The molecule has 0 aromatic carbocycles. The Kier molecular flexibility index (Phi) is 6.43. The Bertz CT molecular complexity index is 331. The quantitative estimate of drug-likeness (QED) is 0.713. The van der Waals surface area contributed by atoms with Crippen LogP contribution in [-0.2, 0) is 22.7 Å². The number of hydrogen-bond donors (Lipinski definition) is 1. The molecule has 0 aliphatic rings. The van der Waals surface area contributed by atoms with Crippen molar-refractivity contribution < 1.29 is 14.6 Å². The number of aliphatic hydroxyl groups is 1. The Morgan fingerprint density at radius 3 is 2.71 bits per heavy atom. The highest BCUT2D eigenvalue weighted by atomic mass is 32.1. The zero-order chi connectivity index (χ0) is 12.7. The minimum absolute atomic E-state index is 0.0161. The van der Waals surface area contributed by atoms with Crippen LogP contribution >= 0.6 is 11.3 Å². The summed E-state index contributed by atoms with van der Waals surface area (Å²) in [5, 5.41) is 10.1. The number of aromatic nitrogens is 1. The van der Waals surface area contributed by atoms with E-state index in [1.807, 2.05) is 7.05 Å². The highest BCUT2D eigenvalue weighted by Gasteiger charge is 2.12. The van der Waals surface area contributed by atoms with E-state index in [1.54, 1.807) is 14.2 Å². The lowest BCUT2D eigenvalue weighted by atomic mass is 10.4. The smallest absolute Gasteiger partial charge is 0.185 e. The monoisotopic (exact) mass is 260 g/mol. The molecule has 0 radical (unpaired) electrons. The van der Waals surface area contributed by atoms with Gasteiger partial charge in [0.1, 0.15) is 0 Å². The molecule has 98 valence electrons. The Balaban J connectivity index is 2.63. The average molecular weight is 260 g/mol. The molecular weight excluding hydrogens is 240 g/mol. The lowest BCUT2D eigenvalue weighted by Gasteiger charge is -2.14. The predicted molar refractivity (Wildman–Crippen MR) is 68.5 cm³/mol. The SMILES string of the molecule is COCCCN(C)c1nc(COC)c(CO)s1. The van der Waals surface area contributed by atoms with Gasteiger partial charge in [-0.25, -0.2) is 4.98 Å². The van der Waals surface area contributed by atoms with Crippen molar-refractivity contribution in [3.8, 4) is 0 Å². The van der Waals surface area contributed by atoms with Crippen LogP contribution in [-0.4, -0.2) is 44.5 Å². The second kappa shape index (κ2) is 7.60. The number of thiazole rings is 1. The van der Waals surface area contributed by atoms with Gasteiger partial charge in [0.15, 0.2) is 5.13 Å². The van der Waals surface area contributed by atoms with Crippen molar-refractivity contribution in [1.29, 1.82) is 0 Å². The van der Waals surface area contributed by atoms with Crippen molar-refractivity contribution in [1.82, 2.24) is 4.98 Å². The van der Waals surface area contributed by atoms with E-state index in [1.165, 1.54) is 11.3 Å². The molecule has 1 N–H and O–H groups in total. The van der Waals surface area contributed by atoms with E-state index in [0.717, 1.165) is 35.3 Å². The molecule has 5 nitrogen and oxygen atoms in total. The zero-order valence-corrected chi connectivity index (χ0v) is 11.4. The van der Waals surface area contributed by atoms with Gasteiger partial charge < -0.3 is 19.5 Å². The fourth-order valence-corrected chi connectivity index (χ4v) is 2.36. The summed E-state index contributed by atoms with van der Waals surface area (Å²) in [7, 11) is 5.32. The van der Waals surface area contributed by atoms with Gasteiger partial charge in [-0.05, 0) is 6.42 Å². The molecule has 1 heterocycles. The summed E-state index contributed by atoms with van der Waals surface area (Å²) >= 11 is 1.51. The van der Waals surface area contributed by atoms with Crippen molar-refractivity contribution in [2.24, 2.45) is 0 Å². The maximum atomic E-state index is 9.23. The third-order valence-corrected chi connectivity index (χ3v) is 3.56. The molecule has 0 atom stereocenters. The first-order valence-electron chi connectivity index (χ1n) is 5.51. The minimum atomic E-state index is 0.0161. The molecule has 1 aromatic heterocycles. The maximum Gasteiger partial charge on any atom is 0.185 e. The number of hydrogen-bond acceptors (Lipinski definition) is 6. The number of aliphatic hydroxyl groups excluding tert-OH is 1. The van der Waals surface area contributed by atoms with Crippen LogP contribution in [0.25, 0.3) is 0 Å². The molecule has 1 aromatic rings. The van der Waals surface area contributed by atoms with Crippen molar-refractivity contribution >= 4 is 16.5 Å². The second-order valence-corrected chi connectivity index (χ2v) is 4.79. The maximum absolute atomic E-state index is 9.23. The van der Waals surface area contributed by atoms with Gasteiger partial charge in [-0.1, -0.05) is 11.3 Å². The van der Waals surface area contributed by atoms with E-state index >= 15 is 0 Å². The molecule has 0 unspecified atom stereocenters. The van der Waals surface area contributed by atoms with Crippen LogP contribution in [0.1, 0.15) is 17.0 Å². The normalized spacial score (nSPS) is 10.8. The van der Waals surface area contributed by atoms with Crippen molar-refractivity contribution in [2.75, 3.05) is 39.3 Å². The average Bonchev–Trinajstić information content (AvgIpc) is 2.73. The summed E-state index contributed by atoms with van der Waals surface area (Å²) in [6, 6.07) is 0. The summed E-state index contributed by atoms with van der Waals surface area (Å²) in [5.41, 5.74) is 0.827. The molecule has 0 saturated carbocycles. The first kappa shape index (κ1) is 14.4. The van der Waals surface area contributed by atoms with Gasteiger partial charge in [0.05, 0.1) is 23.8 Å². The van der Waals surface area contributed by atoms with E-state index < -0.39 is 0 Å². The predicted octanol–water partition coefficient (Wildman–Crippen LogP) is 1.25. The molecule has 0 aliphatic carbocycles. The summed E-state index contributed by atoms with van der Waals surface area (Å²) in [6.07, 6.45) is 0.959. The summed E-state index contributed by atoms with van der Waals surface area (Å²) in [5.74, 6) is 0. The highest BCUT2D eigenvalue weighted by Crippen LogP contribution is 2.26. The number of rotatable bonds is 8. The van der Waals surface area contributed by atoms with Crippen LogP contribution in [0.15, 0.2) is 0 Å². The standard InChI is InChI=1S/C11H20N2O3S/c1-13(5-4-6-15-2)11-12-9(8-16-3)10(7-14)17-11/h14H,4-8H2,1-3H3. The molecule has 0 bridgehead atoms. The number of ether oxygens (including phenoxy) is 2. The van der Waals surface area contributed by atoms with Crippen LogP contribution in [0.4, 0.5) is 5.13 Å². The lowest BCUT2D eigenvalue weighted by molar-refractivity contribution is 0.179. The topological polar surface area (TPSA) is 54.8 Å². The second-order valence-electron chi connectivity index (χ2n) is 3.73. The first-order chi connectivity index (χ1) is 8.22. The molecule has 17 heavy (non-hydrogen) atoms. The molecule has 0 fully saturated rings. The van der Waals surface area contributed by atoms with E-state index in [2.05, 4.69) is 9.88 Å². The Hall–Kier alpha value is -0.690. The minimum Gasteiger partial charge on any atom is -0.391 e. The van der Waals surface area contributed by atoms with Crippen LogP contribution in [0.2, 0.25) is 0 Å². The van der Waals surface area contributed by atoms with E-state index in [0.29, 0.717) is 6.61 Å². The highest BCUT2D eigenvalue weighted by molar-refractivity contribution is 7.15. The number of anilines is 1. The Labute approximate surface area is 106 Å². The number of nitrogens with zero attached hydrogens (tertiary/aromatic N) is 2. The summed E-state index contributed by atoms with van der Waals surface area (Å²) in [6.45, 7) is 2.09. The lowest BCUT2D eigenvalue weighted by Crippen LogP contribution is -2.19. The molecule has 6 heteroatoms. The summed E-state index contributed by atoms with van der Waals surface area (Å²) < 4.78 is 10.1. The van der Waals surface area contributed by atoms with Crippen molar-refractivity contribution in [2.45, 2.75) is 19.6 Å². The molecule has 0 spiro atoms. The van der Waals surface area contributed by atoms with E-state index in [9.17, 15) is 5.11 Å². The van der Waals surface area contributed by atoms with Crippen molar-refractivity contribution in [3.63, 3.8) is 0 Å². The van der Waals surface area contributed by atoms with E-state index in [4.69, 9.17) is 9.47 Å². The fraction of sp³-hybridized carbons (Fsp3) is 0.727. The molecular formula is C11H20N2O3S. The van der Waals surface area contributed by atoms with Gasteiger partial charge in [-0.2, -0.15) is 0 Å². The molecule has 0 saturated heterocycles. The Morgan fingerprint density at radius 1 is 1.35 bits per heavy atom. The van der Waals surface area contributed by atoms with E-state index in [-0.39, 0.29) is 6.61 Å². The zero-order valence-electron chi connectivity index (χ0n) is 10.6. The fourth-order valence-electron chi connectivity index (χ4n) is 1.45. The van der Waals surface area contributed by atoms with Crippen LogP contribution in [0.5, 0.6) is 0 Å². The van der Waals surface area contributed by atoms with Crippen LogP contribution in [0, 0.1) is 0 Å². The van der Waals surface area contributed by atoms with Crippen molar-refractivity contribution in [3.05, 3.63) is 10.6 Å². The summed E-state index contributed by atoms with van der Waals surface area (Å²) in [4.78, 5) is 7.41. The third kappa shape index (κ3) is 4.23. The van der Waals surface area contributed by atoms with Gasteiger partial charge in [-0.15, -0.1) is 0 Å². The molecule has 1 rings (SSSR count). The molecule has 0 aliphatic heterocycles. The largest absolute Gasteiger partial charge is 0.391 e. The third-order valence-electron chi connectivity index (χ3n) is 2.36. The first-order valence-corrected chi connectivity index (χ1v) is 6.33. The van der Waals surface area contributed by atoms with Gasteiger partial charge in [0.2, 0.25) is 0 Å². The van der Waals surface area contributed by atoms with Gasteiger partial charge >= 0.3 is 0 Å². The number of methoxy groups -OCH3 is 2. The Morgan fingerprint density at radius 2 is 2.12 bits per heavy atom. The van der Waals surface area contributed by atoms with Gasteiger partial charge in [0, 0.05) is 34.4 Å². The van der Waals surface area contributed by atoms with Gasteiger partial charge in [0.25, 0.3) is 0 Å². The van der Waals surface area contributed by atoms with Crippen LogP contribution in [0.3, 0.4) is 0 Å². The molecule has 0 amide bonds. The van der Waals surface area contributed by atoms with Gasteiger partial charge in [-0.3, -0.25) is 0 Å².